The van der Waals surface area contributed by atoms with Crippen LogP contribution in [0, 0.1) is 5.92 Å². The molecule has 0 bridgehead atoms. The molecule has 0 unspecified atom stereocenters. The van der Waals surface area contributed by atoms with Crippen LogP contribution in [0.25, 0.3) is 0 Å². The molecule has 2 fully saturated rings. The highest BCUT2D eigenvalue weighted by Gasteiger charge is 2.34. The van der Waals surface area contributed by atoms with E-state index in [0.29, 0.717) is 36.5 Å². The number of urea groups is 1. The van der Waals surface area contributed by atoms with E-state index < -0.39 is 5.97 Å². The number of imidazole rings is 1. The minimum Gasteiger partial charge on any atom is -0.461 e. The van der Waals surface area contributed by atoms with Gasteiger partial charge >= 0.3 is 12.0 Å². The second-order valence-corrected chi connectivity index (χ2v) is 11.0. The number of carbonyl (C=O) groups is 2. The Labute approximate surface area is 208 Å². The Bertz CT molecular complexity index is 980. The van der Waals surface area contributed by atoms with Gasteiger partial charge in [-0.2, -0.15) is 0 Å². The molecule has 0 spiro atoms. The molecule has 0 atom stereocenters. The first-order valence-electron chi connectivity index (χ1n) is 11.9. The minimum absolute atomic E-state index is 0.0914. The topological polar surface area (TPSA) is 98.6 Å². The van der Waals surface area contributed by atoms with Crippen LogP contribution in [-0.2, 0) is 16.5 Å². The SMILES string of the molecule is CCOC(=O)c1cnc(Sc2scnc2NC(=O)N(C2CCOCC2)C2CCC(C)CC2)n1C. The molecular formula is C23H33N5O4S2. The third kappa shape index (κ3) is 5.75. The number of ether oxygens (including phenoxy) is 2. The molecule has 0 aromatic carbocycles. The fourth-order valence-electron chi connectivity index (χ4n) is 4.64. The number of carbonyl (C=O) groups excluding carboxylic acids is 2. The Hall–Kier alpha value is -2.11. The van der Waals surface area contributed by atoms with Gasteiger partial charge in [0.15, 0.2) is 11.0 Å². The van der Waals surface area contributed by atoms with Crippen molar-refractivity contribution in [3.63, 3.8) is 0 Å². The molecule has 2 aromatic rings. The largest absolute Gasteiger partial charge is 0.461 e. The molecule has 1 N–H and O–H groups in total. The van der Waals surface area contributed by atoms with Crippen LogP contribution in [0.5, 0.6) is 0 Å². The summed E-state index contributed by atoms with van der Waals surface area (Å²) in [7, 11) is 1.78. The van der Waals surface area contributed by atoms with Crippen molar-refractivity contribution in [1.82, 2.24) is 19.4 Å². The summed E-state index contributed by atoms with van der Waals surface area (Å²) in [5.41, 5.74) is 2.10. The Morgan fingerprint density at radius 1 is 1.21 bits per heavy atom. The van der Waals surface area contributed by atoms with Crippen molar-refractivity contribution in [2.75, 3.05) is 25.1 Å². The monoisotopic (exact) mass is 507 g/mol. The molecule has 1 saturated carbocycles. The lowest BCUT2D eigenvalue weighted by Gasteiger charge is -2.42. The van der Waals surface area contributed by atoms with Gasteiger partial charge in [0.1, 0.15) is 9.90 Å². The molecule has 2 aromatic heterocycles. The average molecular weight is 508 g/mol. The first-order valence-corrected chi connectivity index (χ1v) is 13.6. The van der Waals surface area contributed by atoms with Crippen LogP contribution in [0.15, 0.2) is 21.1 Å². The Morgan fingerprint density at radius 2 is 1.91 bits per heavy atom. The Kier molecular flexibility index (Phi) is 8.49. The van der Waals surface area contributed by atoms with E-state index in [0.717, 1.165) is 48.7 Å². The van der Waals surface area contributed by atoms with Crippen LogP contribution < -0.4 is 5.32 Å². The van der Waals surface area contributed by atoms with Crippen molar-refractivity contribution >= 4 is 40.9 Å². The standard InChI is InChI=1S/C23H33N5O4S2/c1-4-32-20(29)18-13-24-23(27(18)3)34-21-19(25-14-33-21)26-22(30)28(17-9-11-31-12-10-17)16-7-5-15(2)6-8-16/h13-17H,4-12H2,1-3H3,(H,26,30). The number of nitrogens with one attached hydrogen (secondary N) is 1. The second kappa shape index (κ2) is 11.5. The zero-order valence-electron chi connectivity index (χ0n) is 20.0. The minimum atomic E-state index is -0.406. The number of amides is 2. The van der Waals surface area contributed by atoms with Gasteiger partial charge in [-0.25, -0.2) is 19.6 Å². The van der Waals surface area contributed by atoms with E-state index in [1.165, 1.54) is 29.3 Å². The van der Waals surface area contributed by atoms with Crippen molar-refractivity contribution in [1.29, 1.82) is 0 Å². The molecule has 3 heterocycles. The summed E-state index contributed by atoms with van der Waals surface area (Å²) >= 11 is 2.81. The summed E-state index contributed by atoms with van der Waals surface area (Å²) in [6, 6.07) is 0.338. The maximum Gasteiger partial charge on any atom is 0.356 e. The van der Waals surface area contributed by atoms with Crippen molar-refractivity contribution in [2.45, 2.75) is 73.8 Å². The van der Waals surface area contributed by atoms with Gasteiger partial charge in [0.2, 0.25) is 0 Å². The normalized spacial score (nSPS) is 21.3. The van der Waals surface area contributed by atoms with Crippen molar-refractivity contribution < 1.29 is 19.1 Å². The number of esters is 1. The number of hydrogen-bond acceptors (Lipinski definition) is 8. The van der Waals surface area contributed by atoms with Crippen molar-refractivity contribution in [3.8, 4) is 0 Å². The van der Waals surface area contributed by atoms with Gasteiger partial charge in [-0.1, -0.05) is 6.92 Å². The van der Waals surface area contributed by atoms with E-state index >= 15 is 0 Å². The number of hydrogen-bond donors (Lipinski definition) is 1. The summed E-state index contributed by atoms with van der Waals surface area (Å²) < 4.78 is 13.2. The van der Waals surface area contributed by atoms with E-state index in [2.05, 4.69) is 27.1 Å². The van der Waals surface area contributed by atoms with Crippen LogP contribution in [0.2, 0.25) is 0 Å². The number of thiazole rings is 1. The molecule has 2 amide bonds. The van der Waals surface area contributed by atoms with E-state index in [-0.39, 0.29) is 18.1 Å². The summed E-state index contributed by atoms with van der Waals surface area (Å²) in [6.07, 6.45) is 7.61. The molecular weight excluding hydrogens is 474 g/mol. The fourth-order valence-corrected chi connectivity index (χ4v) is 6.36. The smallest absolute Gasteiger partial charge is 0.356 e. The molecule has 1 aliphatic heterocycles. The predicted octanol–water partition coefficient (Wildman–Crippen LogP) is 4.80. The third-order valence-corrected chi connectivity index (χ3v) is 8.67. The quantitative estimate of drug-likeness (QED) is 0.538. The van der Waals surface area contributed by atoms with Gasteiger partial charge in [-0.3, -0.25) is 5.32 Å². The molecule has 4 rings (SSSR count). The van der Waals surface area contributed by atoms with Gasteiger partial charge in [0, 0.05) is 32.3 Å². The number of nitrogens with zero attached hydrogens (tertiary/aromatic N) is 4. The first kappa shape index (κ1) is 25.0. The highest BCUT2D eigenvalue weighted by molar-refractivity contribution is 8.01. The van der Waals surface area contributed by atoms with Crippen LogP contribution in [-0.4, -0.2) is 63.3 Å². The van der Waals surface area contributed by atoms with Crippen molar-refractivity contribution in [3.05, 3.63) is 17.4 Å². The molecule has 1 saturated heterocycles. The second-order valence-electron chi connectivity index (χ2n) is 8.89. The lowest BCUT2D eigenvalue weighted by Crippen LogP contribution is -2.52. The van der Waals surface area contributed by atoms with Gasteiger partial charge < -0.3 is 18.9 Å². The summed E-state index contributed by atoms with van der Waals surface area (Å²) in [5, 5.41) is 3.71. The fraction of sp³-hybridized carbons (Fsp3) is 0.652. The van der Waals surface area contributed by atoms with Gasteiger partial charge in [0.25, 0.3) is 0 Å². The lowest BCUT2D eigenvalue weighted by molar-refractivity contribution is 0.0279. The van der Waals surface area contributed by atoms with E-state index in [4.69, 9.17) is 9.47 Å². The zero-order chi connectivity index (χ0) is 24.1. The van der Waals surface area contributed by atoms with Crippen LogP contribution >= 0.6 is 23.1 Å². The van der Waals surface area contributed by atoms with Crippen molar-refractivity contribution in [2.24, 2.45) is 13.0 Å². The van der Waals surface area contributed by atoms with Gasteiger partial charge in [-0.15, -0.1) is 11.3 Å². The first-order chi connectivity index (χ1) is 16.5. The van der Waals surface area contributed by atoms with Crippen LogP contribution in [0.1, 0.15) is 62.9 Å². The number of anilines is 1. The molecule has 1 aliphatic carbocycles. The zero-order valence-corrected chi connectivity index (χ0v) is 21.6. The Balaban J connectivity index is 1.48. The lowest BCUT2D eigenvalue weighted by atomic mass is 9.85. The molecule has 11 heteroatoms. The molecule has 2 aliphatic rings. The number of rotatable bonds is 7. The highest BCUT2D eigenvalue weighted by Crippen LogP contribution is 2.37. The average Bonchev–Trinajstić information content (AvgIpc) is 3.42. The third-order valence-electron chi connectivity index (χ3n) is 6.57. The summed E-state index contributed by atoms with van der Waals surface area (Å²) in [4.78, 5) is 36.6. The van der Waals surface area contributed by atoms with E-state index in [9.17, 15) is 9.59 Å². The summed E-state index contributed by atoms with van der Waals surface area (Å²) in [5.74, 6) is 0.840. The maximum absolute atomic E-state index is 13.6. The predicted molar refractivity (Wildman–Crippen MR) is 132 cm³/mol. The molecule has 0 radical (unpaired) electrons. The van der Waals surface area contributed by atoms with Crippen LogP contribution in [0.4, 0.5) is 10.6 Å². The molecule has 9 nitrogen and oxygen atoms in total. The summed E-state index contributed by atoms with van der Waals surface area (Å²) in [6.45, 7) is 5.75. The maximum atomic E-state index is 13.6. The van der Waals surface area contributed by atoms with E-state index in [1.54, 1.807) is 24.0 Å². The number of aromatic nitrogens is 3. The van der Waals surface area contributed by atoms with Gasteiger partial charge in [-0.05, 0) is 63.1 Å². The van der Waals surface area contributed by atoms with E-state index in [1.807, 2.05) is 0 Å². The molecule has 34 heavy (non-hydrogen) atoms. The highest BCUT2D eigenvalue weighted by atomic mass is 32.2. The Morgan fingerprint density at radius 3 is 2.62 bits per heavy atom. The molecule has 186 valence electrons. The van der Waals surface area contributed by atoms with Gasteiger partial charge in [0.05, 0.1) is 18.3 Å². The van der Waals surface area contributed by atoms with Crippen LogP contribution in [0.3, 0.4) is 0 Å².